The van der Waals surface area contributed by atoms with E-state index in [4.69, 9.17) is 9.84 Å². The zero-order valence-corrected chi connectivity index (χ0v) is 5.13. The topological polar surface area (TPSA) is 46.5 Å². The number of carbonyl (C=O) groups is 1. The molecule has 1 aliphatic rings. The SMILES string of the molecule is CC1OCC(O)=CC1=O. The summed E-state index contributed by atoms with van der Waals surface area (Å²) in [5.41, 5.74) is 0. The van der Waals surface area contributed by atoms with Crippen molar-refractivity contribution in [3.8, 4) is 0 Å². The average molecular weight is 128 g/mol. The van der Waals surface area contributed by atoms with E-state index < -0.39 is 0 Å². The van der Waals surface area contributed by atoms with E-state index in [1.807, 2.05) is 0 Å². The van der Waals surface area contributed by atoms with Crippen molar-refractivity contribution in [3.05, 3.63) is 11.8 Å². The van der Waals surface area contributed by atoms with Crippen molar-refractivity contribution in [2.24, 2.45) is 0 Å². The minimum atomic E-state index is -0.388. The molecule has 0 spiro atoms. The normalized spacial score (nSPS) is 27.9. The molecule has 1 atom stereocenters. The molecule has 0 aliphatic carbocycles. The Balaban J connectivity index is 2.70. The van der Waals surface area contributed by atoms with Crippen LogP contribution in [0.4, 0.5) is 0 Å². The number of aliphatic hydroxyl groups is 1. The van der Waals surface area contributed by atoms with Crippen molar-refractivity contribution in [2.75, 3.05) is 6.61 Å². The van der Waals surface area contributed by atoms with Crippen molar-refractivity contribution in [1.29, 1.82) is 0 Å². The zero-order chi connectivity index (χ0) is 6.85. The van der Waals surface area contributed by atoms with Gasteiger partial charge in [-0.2, -0.15) is 0 Å². The van der Waals surface area contributed by atoms with Crippen LogP contribution in [0, 0.1) is 0 Å². The van der Waals surface area contributed by atoms with Crippen molar-refractivity contribution in [2.45, 2.75) is 13.0 Å². The third-order valence-electron chi connectivity index (χ3n) is 1.19. The molecule has 0 amide bonds. The minimum absolute atomic E-state index is 0.0121. The summed E-state index contributed by atoms with van der Waals surface area (Å²) < 4.78 is 4.83. The lowest BCUT2D eigenvalue weighted by atomic mass is 10.2. The summed E-state index contributed by atoms with van der Waals surface area (Å²) in [6.07, 6.45) is 0.814. The molecule has 0 saturated heterocycles. The lowest BCUT2D eigenvalue weighted by Gasteiger charge is -2.13. The molecule has 0 aromatic heterocycles. The Labute approximate surface area is 52.9 Å². The van der Waals surface area contributed by atoms with Gasteiger partial charge >= 0.3 is 0 Å². The van der Waals surface area contributed by atoms with Gasteiger partial charge in [-0.1, -0.05) is 0 Å². The highest BCUT2D eigenvalue weighted by Gasteiger charge is 2.17. The van der Waals surface area contributed by atoms with E-state index in [1.54, 1.807) is 6.92 Å². The fourth-order valence-electron chi connectivity index (χ4n) is 0.616. The fourth-order valence-corrected chi connectivity index (χ4v) is 0.616. The highest BCUT2D eigenvalue weighted by atomic mass is 16.5. The van der Waals surface area contributed by atoms with Crippen molar-refractivity contribution < 1.29 is 14.6 Å². The van der Waals surface area contributed by atoms with E-state index in [1.165, 1.54) is 6.08 Å². The minimum Gasteiger partial charge on any atom is -0.510 e. The van der Waals surface area contributed by atoms with E-state index >= 15 is 0 Å². The number of hydrogen-bond acceptors (Lipinski definition) is 3. The predicted molar refractivity (Wildman–Crippen MR) is 31.1 cm³/mol. The van der Waals surface area contributed by atoms with Gasteiger partial charge in [-0.3, -0.25) is 4.79 Å². The molecule has 1 unspecified atom stereocenters. The van der Waals surface area contributed by atoms with E-state index in [-0.39, 0.29) is 24.3 Å². The number of aliphatic hydroxyl groups excluding tert-OH is 1. The summed E-state index contributed by atoms with van der Waals surface area (Å²) in [6, 6.07) is 0. The summed E-state index contributed by atoms with van der Waals surface area (Å²) in [6.45, 7) is 1.82. The van der Waals surface area contributed by atoms with Crippen LogP contribution in [0.1, 0.15) is 6.92 Å². The molecular weight excluding hydrogens is 120 g/mol. The van der Waals surface area contributed by atoms with Crippen LogP contribution in [-0.2, 0) is 9.53 Å². The maximum atomic E-state index is 10.6. The van der Waals surface area contributed by atoms with Gasteiger partial charge in [0, 0.05) is 6.08 Å². The molecule has 1 N–H and O–H groups in total. The monoisotopic (exact) mass is 128 g/mol. The summed E-state index contributed by atoms with van der Waals surface area (Å²) in [5, 5.41) is 8.71. The van der Waals surface area contributed by atoms with Crippen LogP contribution >= 0.6 is 0 Å². The largest absolute Gasteiger partial charge is 0.510 e. The third kappa shape index (κ3) is 1.29. The van der Waals surface area contributed by atoms with Crippen LogP contribution in [0.2, 0.25) is 0 Å². The summed E-state index contributed by atoms with van der Waals surface area (Å²) in [4.78, 5) is 10.6. The second-order valence-electron chi connectivity index (χ2n) is 1.99. The molecule has 50 valence electrons. The lowest BCUT2D eigenvalue weighted by molar-refractivity contribution is -0.126. The Bertz CT molecular complexity index is 160. The standard InChI is InChI=1S/C6H8O3/c1-4-6(8)2-5(7)3-9-4/h2,4,7H,3H2,1H3. The summed E-state index contributed by atoms with van der Waals surface area (Å²) in [5.74, 6) is -0.156. The van der Waals surface area contributed by atoms with Gasteiger partial charge in [-0.15, -0.1) is 0 Å². The Morgan fingerprint density at radius 1 is 1.89 bits per heavy atom. The molecule has 0 bridgehead atoms. The number of hydrogen-bond donors (Lipinski definition) is 1. The van der Waals surface area contributed by atoms with Crippen molar-refractivity contribution >= 4 is 5.78 Å². The molecule has 0 aromatic rings. The molecule has 3 heteroatoms. The first-order chi connectivity index (χ1) is 4.20. The smallest absolute Gasteiger partial charge is 0.187 e. The van der Waals surface area contributed by atoms with Gasteiger partial charge in [-0.25, -0.2) is 0 Å². The molecule has 3 nitrogen and oxygen atoms in total. The van der Waals surface area contributed by atoms with Crippen LogP contribution in [0.5, 0.6) is 0 Å². The second-order valence-corrected chi connectivity index (χ2v) is 1.99. The molecule has 1 aliphatic heterocycles. The Hall–Kier alpha value is -0.830. The highest BCUT2D eigenvalue weighted by Crippen LogP contribution is 2.05. The molecule has 0 fully saturated rings. The molecule has 0 saturated carbocycles. The lowest BCUT2D eigenvalue weighted by Crippen LogP contribution is -2.25. The molecule has 0 aromatic carbocycles. The van der Waals surface area contributed by atoms with Crippen molar-refractivity contribution in [1.82, 2.24) is 0 Å². The zero-order valence-electron chi connectivity index (χ0n) is 5.13. The quantitative estimate of drug-likeness (QED) is 0.514. The van der Waals surface area contributed by atoms with Crippen LogP contribution in [0.3, 0.4) is 0 Å². The van der Waals surface area contributed by atoms with E-state index in [0.717, 1.165) is 0 Å². The first-order valence-corrected chi connectivity index (χ1v) is 2.75. The summed E-state index contributed by atoms with van der Waals surface area (Å²) in [7, 11) is 0. The number of carbonyl (C=O) groups excluding carboxylic acids is 1. The van der Waals surface area contributed by atoms with Gasteiger partial charge in [0.15, 0.2) is 5.78 Å². The molecule has 1 rings (SSSR count). The Morgan fingerprint density at radius 2 is 2.56 bits per heavy atom. The maximum absolute atomic E-state index is 10.6. The van der Waals surface area contributed by atoms with E-state index in [9.17, 15) is 4.79 Å². The maximum Gasteiger partial charge on any atom is 0.187 e. The summed E-state index contributed by atoms with van der Waals surface area (Å²) >= 11 is 0. The predicted octanol–water partition coefficient (Wildman–Crippen LogP) is 0.416. The first kappa shape index (κ1) is 6.29. The second kappa shape index (κ2) is 2.19. The van der Waals surface area contributed by atoms with Gasteiger partial charge in [-0.05, 0) is 6.92 Å². The van der Waals surface area contributed by atoms with E-state index in [0.29, 0.717) is 0 Å². The van der Waals surface area contributed by atoms with Gasteiger partial charge in [0.25, 0.3) is 0 Å². The fraction of sp³-hybridized carbons (Fsp3) is 0.500. The van der Waals surface area contributed by atoms with Crippen LogP contribution in [0.25, 0.3) is 0 Å². The molecule has 0 radical (unpaired) electrons. The van der Waals surface area contributed by atoms with Gasteiger partial charge in [0.05, 0.1) is 0 Å². The third-order valence-corrected chi connectivity index (χ3v) is 1.19. The van der Waals surface area contributed by atoms with Crippen LogP contribution in [-0.4, -0.2) is 23.6 Å². The van der Waals surface area contributed by atoms with Crippen LogP contribution < -0.4 is 0 Å². The number of ether oxygens (including phenoxy) is 1. The molecule has 1 heterocycles. The molecular formula is C6H8O3. The van der Waals surface area contributed by atoms with Crippen LogP contribution in [0.15, 0.2) is 11.8 Å². The van der Waals surface area contributed by atoms with E-state index in [2.05, 4.69) is 0 Å². The number of rotatable bonds is 0. The first-order valence-electron chi connectivity index (χ1n) is 2.75. The van der Waals surface area contributed by atoms with Crippen molar-refractivity contribution in [3.63, 3.8) is 0 Å². The Morgan fingerprint density at radius 3 is 3.00 bits per heavy atom. The van der Waals surface area contributed by atoms with Gasteiger partial charge < -0.3 is 9.84 Å². The average Bonchev–Trinajstić information content (AvgIpc) is 1.80. The molecule has 9 heavy (non-hydrogen) atoms. The van der Waals surface area contributed by atoms with Gasteiger partial charge in [0.1, 0.15) is 18.5 Å². The Kier molecular flexibility index (Phi) is 1.53. The van der Waals surface area contributed by atoms with Gasteiger partial charge in [0.2, 0.25) is 0 Å². The number of ketones is 1. The highest BCUT2D eigenvalue weighted by molar-refractivity contribution is 5.94.